The Balaban J connectivity index is 1.53. The average molecular weight is 550 g/mol. The maximum Gasteiger partial charge on any atom is 0.251 e. The van der Waals surface area contributed by atoms with Gasteiger partial charge in [0.15, 0.2) is 0 Å². The molecule has 3 aromatic rings. The summed E-state index contributed by atoms with van der Waals surface area (Å²) in [7, 11) is -1.93. The molecule has 0 spiro atoms. The molecule has 0 radical (unpaired) electrons. The Hall–Kier alpha value is -3.20. The van der Waals surface area contributed by atoms with Crippen molar-refractivity contribution in [2.75, 3.05) is 23.7 Å². The van der Waals surface area contributed by atoms with Crippen LogP contribution >= 0.6 is 0 Å². The molecule has 0 aromatic heterocycles. The molecule has 208 valence electrons. The van der Waals surface area contributed by atoms with Crippen LogP contribution in [0.1, 0.15) is 54.1 Å². The van der Waals surface area contributed by atoms with E-state index in [9.17, 15) is 13.2 Å². The van der Waals surface area contributed by atoms with Crippen molar-refractivity contribution in [2.45, 2.75) is 57.4 Å². The predicted molar refractivity (Wildman–Crippen MR) is 156 cm³/mol. The monoisotopic (exact) mass is 549 g/mol. The lowest BCUT2D eigenvalue weighted by Gasteiger charge is -2.27. The lowest BCUT2D eigenvalue weighted by atomic mass is 9.95. The van der Waals surface area contributed by atoms with Crippen LogP contribution in [0.25, 0.3) is 0 Å². The summed E-state index contributed by atoms with van der Waals surface area (Å²) in [6.45, 7) is 4.60. The van der Waals surface area contributed by atoms with Crippen molar-refractivity contribution in [3.05, 3.63) is 102 Å². The molecule has 2 N–H and O–H groups in total. The van der Waals surface area contributed by atoms with Crippen LogP contribution in [0.5, 0.6) is 0 Å². The lowest BCUT2D eigenvalue weighted by Crippen LogP contribution is -2.46. The first kappa shape index (κ1) is 28.8. The molecule has 1 amide bonds. The van der Waals surface area contributed by atoms with E-state index >= 15 is 0 Å². The van der Waals surface area contributed by atoms with E-state index in [0.717, 1.165) is 12.0 Å². The van der Waals surface area contributed by atoms with Crippen LogP contribution in [0.4, 0.5) is 5.69 Å². The van der Waals surface area contributed by atoms with Crippen LogP contribution in [0, 0.1) is 0 Å². The van der Waals surface area contributed by atoms with Crippen molar-refractivity contribution in [1.29, 1.82) is 0 Å². The summed E-state index contributed by atoms with van der Waals surface area (Å²) in [6, 6.07) is 26.9. The first-order chi connectivity index (χ1) is 18.8. The van der Waals surface area contributed by atoms with Gasteiger partial charge in [0.05, 0.1) is 23.6 Å². The minimum atomic E-state index is -3.45. The second-order valence-electron chi connectivity index (χ2n) is 10.0. The van der Waals surface area contributed by atoms with E-state index in [2.05, 4.69) is 29.7 Å². The third-order valence-electron chi connectivity index (χ3n) is 7.29. The molecule has 1 heterocycles. The Morgan fingerprint density at radius 1 is 1.03 bits per heavy atom. The Kier molecular flexibility index (Phi) is 9.78. The van der Waals surface area contributed by atoms with Crippen molar-refractivity contribution in [1.82, 2.24) is 10.6 Å². The summed E-state index contributed by atoms with van der Waals surface area (Å²) in [4.78, 5) is 13.5. The fourth-order valence-electron chi connectivity index (χ4n) is 5.11. The van der Waals surface area contributed by atoms with Crippen LogP contribution < -0.4 is 14.9 Å². The molecule has 1 aliphatic rings. The highest BCUT2D eigenvalue weighted by molar-refractivity contribution is 7.92. The van der Waals surface area contributed by atoms with E-state index in [0.29, 0.717) is 30.6 Å². The standard InChI is InChI=1S/C31H39N3O4S/c1-4-19-39(36,37)34(3)26-18-12-17-25(21-26)30(35)33-28(20-23-13-8-6-9-14-23)29-22-32-31(38-29)27(5-2)24-15-10-7-11-16-24/h6-18,21,27-29,31-32H,4-5,19-20,22H2,1-3H3,(H,33,35)/t27-,28+,29-,31?/m1/s1. The van der Waals surface area contributed by atoms with Gasteiger partial charge < -0.3 is 10.1 Å². The number of anilines is 1. The quantitative estimate of drug-likeness (QED) is 0.342. The maximum absolute atomic E-state index is 13.5. The number of benzene rings is 3. The lowest BCUT2D eigenvalue weighted by molar-refractivity contribution is 0.00617. The summed E-state index contributed by atoms with van der Waals surface area (Å²) >= 11 is 0. The minimum absolute atomic E-state index is 0.0496. The number of rotatable bonds is 12. The highest BCUT2D eigenvalue weighted by atomic mass is 32.2. The first-order valence-corrected chi connectivity index (χ1v) is 15.3. The SMILES string of the molecule is CCCS(=O)(=O)N(C)c1cccc(C(=O)N[C@@H](Cc2ccccc2)[C@H]2CNC([C@H](CC)c3ccccc3)O2)c1. The molecule has 0 saturated carbocycles. The van der Waals surface area contributed by atoms with Crippen molar-refractivity contribution >= 4 is 21.6 Å². The molecule has 3 aromatic carbocycles. The molecular weight excluding hydrogens is 510 g/mol. The van der Waals surface area contributed by atoms with Crippen LogP contribution in [0.3, 0.4) is 0 Å². The Bertz CT molecular complexity index is 1320. The summed E-state index contributed by atoms with van der Waals surface area (Å²) in [6.07, 6.45) is 1.67. The molecule has 39 heavy (non-hydrogen) atoms. The molecule has 4 atom stereocenters. The first-order valence-electron chi connectivity index (χ1n) is 13.7. The van der Waals surface area contributed by atoms with Gasteiger partial charge in [-0.1, -0.05) is 80.6 Å². The van der Waals surface area contributed by atoms with Gasteiger partial charge in [0.1, 0.15) is 6.23 Å². The smallest absolute Gasteiger partial charge is 0.251 e. The molecule has 1 saturated heterocycles. The van der Waals surface area contributed by atoms with E-state index in [-0.39, 0.29) is 36.0 Å². The van der Waals surface area contributed by atoms with Gasteiger partial charge in [-0.25, -0.2) is 8.42 Å². The molecule has 0 bridgehead atoms. The predicted octanol–water partition coefficient (Wildman–Crippen LogP) is 4.71. The summed E-state index contributed by atoms with van der Waals surface area (Å²) in [5.41, 5.74) is 3.19. The maximum atomic E-state index is 13.5. The second-order valence-corrected chi connectivity index (χ2v) is 12.2. The van der Waals surface area contributed by atoms with Crippen LogP contribution in [0.15, 0.2) is 84.9 Å². The zero-order valence-electron chi connectivity index (χ0n) is 22.9. The second kappa shape index (κ2) is 13.2. The summed E-state index contributed by atoms with van der Waals surface area (Å²) < 4.78 is 33.0. The van der Waals surface area contributed by atoms with E-state index < -0.39 is 10.0 Å². The minimum Gasteiger partial charge on any atom is -0.356 e. The molecular formula is C31H39N3O4S. The summed E-state index contributed by atoms with van der Waals surface area (Å²) in [5.74, 6) is -0.0173. The summed E-state index contributed by atoms with van der Waals surface area (Å²) in [5, 5.41) is 6.74. The molecule has 0 aliphatic carbocycles. The highest BCUT2D eigenvalue weighted by Crippen LogP contribution is 2.29. The third kappa shape index (κ3) is 7.26. The van der Waals surface area contributed by atoms with Gasteiger partial charge in [0, 0.05) is 25.1 Å². The molecule has 8 heteroatoms. The van der Waals surface area contributed by atoms with E-state index in [1.165, 1.54) is 16.9 Å². The number of ether oxygens (including phenoxy) is 1. The van der Waals surface area contributed by atoms with Crippen molar-refractivity contribution in [2.24, 2.45) is 0 Å². The van der Waals surface area contributed by atoms with Crippen LogP contribution in [-0.4, -0.2) is 52.0 Å². The number of nitrogens with zero attached hydrogens (tertiary/aromatic N) is 1. The molecule has 1 aliphatic heterocycles. The number of carbonyl (C=O) groups is 1. The highest BCUT2D eigenvalue weighted by Gasteiger charge is 2.36. The topological polar surface area (TPSA) is 87.7 Å². The van der Waals surface area contributed by atoms with Gasteiger partial charge in [-0.15, -0.1) is 0 Å². The van der Waals surface area contributed by atoms with Gasteiger partial charge in [-0.05, 0) is 48.6 Å². The largest absolute Gasteiger partial charge is 0.356 e. The van der Waals surface area contributed by atoms with Gasteiger partial charge in [0.25, 0.3) is 5.91 Å². The number of hydrogen-bond acceptors (Lipinski definition) is 5. The van der Waals surface area contributed by atoms with E-state index in [4.69, 9.17) is 4.74 Å². The molecule has 4 rings (SSSR count). The molecule has 1 fully saturated rings. The van der Waals surface area contributed by atoms with Gasteiger partial charge in [-0.2, -0.15) is 0 Å². The Morgan fingerprint density at radius 2 is 1.72 bits per heavy atom. The van der Waals surface area contributed by atoms with Crippen molar-refractivity contribution < 1.29 is 17.9 Å². The Morgan fingerprint density at radius 3 is 2.38 bits per heavy atom. The molecule has 1 unspecified atom stereocenters. The fraction of sp³-hybridized carbons (Fsp3) is 0.387. The average Bonchev–Trinajstić information content (AvgIpc) is 3.44. The zero-order chi connectivity index (χ0) is 27.8. The number of nitrogens with one attached hydrogen (secondary N) is 2. The number of sulfonamides is 1. The van der Waals surface area contributed by atoms with Gasteiger partial charge >= 0.3 is 0 Å². The van der Waals surface area contributed by atoms with E-state index in [1.807, 2.05) is 55.5 Å². The number of carbonyl (C=O) groups excluding carboxylic acids is 1. The normalized spacial score (nSPS) is 18.8. The fourth-order valence-corrected chi connectivity index (χ4v) is 6.33. The van der Waals surface area contributed by atoms with Crippen molar-refractivity contribution in [3.8, 4) is 0 Å². The third-order valence-corrected chi connectivity index (χ3v) is 9.26. The van der Waals surface area contributed by atoms with Crippen LogP contribution in [0.2, 0.25) is 0 Å². The zero-order valence-corrected chi connectivity index (χ0v) is 23.7. The van der Waals surface area contributed by atoms with Gasteiger partial charge in [-0.3, -0.25) is 14.4 Å². The number of amides is 1. The van der Waals surface area contributed by atoms with E-state index in [1.54, 1.807) is 24.3 Å². The number of hydrogen-bond donors (Lipinski definition) is 2. The molecule has 7 nitrogen and oxygen atoms in total. The van der Waals surface area contributed by atoms with Crippen LogP contribution in [-0.2, 0) is 21.2 Å². The van der Waals surface area contributed by atoms with Gasteiger partial charge in [0.2, 0.25) is 10.0 Å². The van der Waals surface area contributed by atoms with Crippen molar-refractivity contribution in [3.63, 3.8) is 0 Å². The Labute approximate surface area is 232 Å².